The number of rotatable bonds is 7. The SMILES string of the molecule is CCOC(=O)c1nnc(N=Nc2cc3c(cc2NS(=O)(=O)C(F)(F)F)N(C(C)C)CCC3)s1. The molecule has 0 radical (unpaired) electrons. The van der Waals surface area contributed by atoms with Gasteiger partial charge in [0, 0.05) is 18.3 Å². The second kappa shape index (κ2) is 9.59. The molecule has 1 aromatic carbocycles. The Labute approximate surface area is 191 Å². The predicted molar refractivity (Wildman–Crippen MR) is 116 cm³/mol. The van der Waals surface area contributed by atoms with Gasteiger partial charge in [-0.1, -0.05) is 11.3 Å². The second-order valence-electron chi connectivity index (χ2n) is 7.25. The van der Waals surface area contributed by atoms with Crippen LogP contribution >= 0.6 is 11.3 Å². The number of carbonyl (C=O) groups excluding carboxylic acids is 1. The second-order valence-corrected chi connectivity index (χ2v) is 9.88. The van der Waals surface area contributed by atoms with Gasteiger partial charge in [0.15, 0.2) is 0 Å². The van der Waals surface area contributed by atoms with Crippen LogP contribution in [0.15, 0.2) is 22.4 Å². The largest absolute Gasteiger partial charge is 0.516 e. The molecule has 0 unspecified atom stereocenters. The minimum atomic E-state index is -5.69. The van der Waals surface area contributed by atoms with Crippen LogP contribution in [0.1, 0.15) is 42.6 Å². The van der Waals surface area contributed by atoms with Gasteiger partial charge in [0.25, 0.3) is 5.13 Å². The van der Waals surface area contributed by atoms with Crippen molar-refractivity contribution in [1.82, 2.24) is 10.2 Å². The van der Waals surface area contributed by atoms with Gasteiger partial charge < -0.3 is 9.64 Å². The molecule has 1 aliphatic heterocycles. The van der Waals surface area contributed by atoms with Gasteiger partial charge >= 0.3 is 21.5 Å². The first kappa shape index (κ1) is 24.8. The molecule has 1 N–H and O–H groups in total. The Bertz CT molecular complexity index is 1160. The molecule has 0 atom stereocenters. The van der Waals surface area contributed by atoms with Crippen LogP contribution in [0, 0.1) is 0 Å². The van der Waals surface area contributed by atoms with Gasteiger partial charge in [0.2, 0.25) is 5.01 Å². The summed E-state index contributed by atoms with van der Waals surface area (Å²) in [6, 6.07) is 2.87. The molecule has 180 valence electrons. The van der Waals surface area contributed by atoms with Gasteiger partial charge in [0.05, 0.1) is 12.3 Å². The number of esters is 1. The molecule has 0 saturated heterocycles. The topological polar surface area (TPSA) is 126 Å². The van der Waals surface area contributed by atoms with Gasteiger partial charge in [-0.15, -0.1) is 20.4 Å². The average molecular weight is 507 g/mol. The Hall–Kier alpha value is -2.81. The summed E-state index contributed by atoms with van der Waals surface area (Å²) >= 11 is 0.772. The zero-order valence-corrected chi connectivity index (χ0v) is 19.5. The Morgan fingerprint density at radius 1 is 1.30 bits per heavy atom. The fraction of sp³-hybridized carbons (Fsp3) is 0.500. The molecule has 1 aromatic heterocycles. The number of aromatic nitrogens is 2. The number of hydrogen-bond acceptors (Lipinski definition) is 10. The Balaban J connectivity index is 2.02. The van der Waals surface area contributed by atoms with Crippen molar-refractivity contribution < 1.29 is 31.1 Å². The van der Waals surface area contributed by atoms with E-state index in [0.717, 1.165) is 23.3 Å². The zero-order valence-electron chi connectivity index (χ0n) is 17.9. The number of halogens is 3. The van der Waals surface area contributed by atoms with E-state index in [4.69, 9.17) is 4.74 Å². The van der Waals surface area contributed by atoms with Crippen LogP contribution in [0.25, 0.3) is 0 Å². The van der Waals surface area contributed by atoms with Crippen molar-refractivity contribution >= 4 is 49.5 Å². The molecule has 0 aliphatic carbocycles. The first-order valence-corrected chi connectivity index (χ1v) is 12.2. The van der Waals surface area contributed by atoms with E-state index in [1.54, 1.807) is 11.6 Å². The fourth-order valence-corrected chi connectivity index (χ4v) is 4.31. The minimum Gasteiger partial charge on any atom is -0.461 e. The van der Waals surface area contributed by atoms with Crippen molar-refractivity contribution in [3.05, 3.63) is 22.7 Å². The molecule has 0 amide bonds. The number of anilines is 2. The maximum absolute atomic E-state index is 13.0. The van der Waals surface area contributed by atoms with Gasteiger partial charge in [0.1, 0.15) is 5.69 Å². The lowest BCUT2D eigenvalue weighted by molar-refractivity contribution is -0.0429. The highest BCUT2D eigenvalue weighted by atomic mass is 32.2. The maximum Gasteiger partial charge on any atom is 0.516 e. The van der Waals surface area contributed by atoms with Gasteiger partial charge in [-0.05, 0) is 51.3 Å². The third kappa shape index (κ3) is 5.58. The number of azo groups is 1. The summed E-state index contributed by atoms with van der Waals surface area (Å²) < 4.78 is 69.0. The molecule has 1 aliphatic rings. The number of nitrogens with one attached hydrogen (secondary N) is 1. The van der Waals surface area contributed by atoms with E-state index in [2.05, 4.69) is 20.4 Å². The van der Waals surface area contributed by atoms with Crippen LogP contribution in [0.3, 0.4) is 0 Å². The summed E-state index contributed by atoms with van der Waals surface area (Å²) in [6.45, 7) is 6.30. The lowest BCUT2D eigenvalue weighted by atomic mass is 9.99. The Kier molecular flexibility index (Phi) is 7.21. The Morgan fingerprint density at radius 2 is 2.03 bits per heavy atom. The van der Waals surface area contributed by atoms with E-state index in [1.165, 1.54) is 12.1 Å². The van der Waals surface area contributed by atoms with Crippen molar-refractivity contribution in [1.29, 1.82) is 0 Å². The van der Waals surface area contributed by atoms with Crippen LogP contribution in [-0.4, -0.2) is 49.3 Å². The van der Waals surface area contributed by atoms with Crippen LogP contribution in [0.2, 0.25) is 0 Å². The first-order valence-electron chi connectivity index (χ1n) is 9.88. The third-order valence-corrected chi connectivity index (χ3v) is 6.52. The molecule has 2 aromatic rings. The van der Waals surface area contributed by atoms with Crippen molar-refractivity contribution in [2.24, 2.45) is 10.2 Å². The summed E-state index contributed by atoms with van der Waals surface area (Å²) in [6.07, 6.45) is 1.45. The molecule has 2 heterocycles. The summed E-state index contributed by atoms with van der Waals surface area (Å²) in [7, 11) is -5.69. The number of ether oxygens (including phenoxy) is 1. The number of sulfonamides is 1. The molecular weight excluding hydrogens is 485 g/mol. The highest BCUT2D eigenvalue weighted by Crippen LogP contribution is 2.40. The summed E-state index contributed by atoms with van der Waals surface area (Å²) in [5, 5.41) is 14.9. The van der Waals surface area contributed by atoms with Crippen molar-refractivity contribution in [3.63, 3.8) is 0 Å². The summed E-state index contributed by atoms with van der Waals surface area (Å²) in [4.78, 5) is 13.7. The van der Waals surface area contributed by atoms with Gasteiger partial charge in [-0.25, -0.2) is 4.79 Å². The van der Waals surface area contributed by atoms with E-state index in [-0.39, 0.29) is 34.2 Å². The van der Waals surface area contributed by atoms with E-state index in [1.807, 2.05) is 18.7 Å². The number of nitrogens with zero attached hydrogens (tertiary/aromatic N) is 5. The van der Waals surface area contributed by atoms with E-state index >= 15 is 0 Å². The van der Waals surface area contributed by atoms with Crippen molar-refractivity contribution in [2.45, 2.75) is 45.2 Å². The minimum absolute atomic E-state index is 0.0475. The quantitative estimate of drug-likeness (QED) is 0.431. The molecule has 15 heteroatoms. The monoisotopic (exact) mass is 506 g/mol. The average Bonchev–Trinajstić information content (AvgIpc) is 3.20. The third-order valence-electron chi connectivity index (χ3n) is 4.63. The summed E-state index contributed by atoms with van der Waals surface area (Å²) in [5.74, 6) is -0.697. The number of fused-ring (bicyclic) bond motifs is 1. The van der Waals surface area contributed by atoms with E-state index in [0.29, 0.717) is 18.7 Å². The highest BCUT2D eigenvalue weighted by molar-refractivity contribution is 7.93. The number of hydrogen-bond donors (Lipinski definition) is 1. The molecule has 3 rings (SSSR count). The number of alkyl halides is 3. The van der Waals surface area contributed by atoms with Gasteiger partial charge in [-0.3, -0.25) is 4.72 Å². The molecule has 0 fully saturated rings. The smallest absolute Gasteiger partial charge is 0.461 e. The van der Waals surface area contributed by atoms with Gasteiger partial charge in [-0.2, -0.15) is 21.6 Å². The van der Waals surface area contributed by atoms with Crippen LogP contribution in [0.5, 0.6) is 0 Å². The van der Waals surface area contributed by atoms with Crippen molar-refractivity contribution in [3.8, 4) is 0 Å². The maximum atomic E-state index is 13.0. The molecule has 33 heavy (non-hydrogen) atoms. The molecular formula is C18H21F3N6O4S2. The highest BCUT2D eigenvalue weighted by Gasteiger charge is 2.46. The normalized spacial score (nSPS) is 14.6. The standard InChI is InChI=1S/C18H21F3N6O4S2/c1-4-31-16(28)15-23-25-17(32-15)24-22-12-8-11-6-5-7-27(10(2)3)14(11)9-13(12)26-33(29,30)18(19,20)21/h8-10,26H,4-7H2,1-3H3. The Morgan fingerprint density at radius 3 is 2.67 bits per heavy atom. The van der Waals surface area contributed by atoms with Crippen LogP contribution in [-0.2, 0) is 21.2 Å². The summed E-state index contributed by atoms with van der Waals surface area (Å²) in [5.41, 5.74) is -4.60. The lowest BCUT2D eigenvalue weighted by Gasteiger charge is -2.35. The van der Waals surface area contributed by atoms with E-state index < -0.39 is 21.5 Å². The first-order chi connectivity index (χ1) is 15.4. The molecule has 0 saturated carbocycles. The molecule has 0 spiro atoms. The number of aryl methyl sites for hydroxylation is 1. The molecule has 0 bridgehead atoms. The van der Waals surface area contributed by atoms with E-state index in [9.17, 15) is 26.4 Å². The van der Waals surface area contributed by atoms with Crippen molar-refractivity contribution in [2.75, 3.05) is 22.8 Å². The van der Waals surface area contributed by atoms with Crippen LogP contribution < -0.4 is 9.62 Å². The molecule has 10 nitrogen and oxygen atoms in total. The predicted octanol–water partition coefficient (Wildman–Crippen LogP) is 4.55. The lowest BCUT2D eigenvalue weighted by Crippen LogP contribution is -2.35. The number of benzene rings is 1. The fourth-order valence-electron chi connectivity index (χ4n) is 3.18. The number of carbonyl (C=O) groups is 1. The zero-order chi connectivity index (χ0) is 24.4. The van der Waals surface area contributed by atoms with Crippen LogP contribution in [0.4, 0.5) is 35.4 Å².